The van der Waals surface area contributed by atoms with Gasteiger partial charge in [0.2, 0.25) is 11.8 Å². The van der Waals surface area contributed by atoms with Gasteiger partial charge in [-0.15, -0.1) is 0 Å². The molecule has 0 radical (unpaired) electrons. The van der Waals surface area contributed by atoms with Crippen LogP contribution in [-0.4, -0.2) is 47.7 Å². The van der Waals surface area contributed by atoms with Crippen LogP contribution in [0.1, 0.15) is 51.7 Å². The zero-order valence-electron chi connectivity index (χ0n) is 23.1. The summed E-state index contributed by atoms with van der Waals surface area (Å²) in [5.74, 6) is -0.0839. The Kier molecular flexibility index (Phi) is 8.38. The molecule has 3 aromatic rings. The van der Waals surface area contributed by atoms with E-state index in [-0.39, 0.29) is 12.5 Å². The van der Waals surface area contributed by atoms with Crippen molar-refractivity contribution in [3.63, 3.8) is 0 Å². The van der Waals surface area contributed by atoms with Crippen LogP contribution < -0.4 is 20.3 Å². The summed E-state index contributed by atoms with van der Waals surface area (Å²) in [6.07, 6.45) is 2.36. The molecule has 0 unspecified atom stereocenters. The normalized spacial score (nSPS) is 16.2. The standard InChI is InChI=1S/C30H36N4O5/c1-6-22(33-29(37)39-30(2,3)4)27(35)32-24-16-15-19-11-7-10-14-25(19)34(28(24)36)18-21-20-12-8-9-13-23(20)31-17-26(21)38-5/h7-14,17,22,24H,6,15-16,18H2,1-5H3,(H,32,35)(H,33,37)/t22-,24-/m0/s1. The highest BCUT2D eigenvalue weighted by Crippen LogP contribution is 2.33. The number of ether oxygens (including phenoxy) is 2. The Morgan fingerprint density at radius 3 is 2.56 bits per heavy atom. The van der Waals surface area contributed by atoms with Crippen LogP contribution in [0.2, 0.25) is 0 Å². The molecule has 206 valence electrons. The maximum atomic E-state index is 14.0. The quantitative estimate of drug-likeness (QED) is 0.463. The number of hydrogen-bond donors (Lipinski definition) is 2. The maximum absolute atomic E-state index is 14.0. The van der Waals surface area contributed by atoms with E-state index in [9.17, 15) is 14.4 Å². The van der Waals surface area contributed by atoms with Gasteiger partial charge in [-0.05, 0) is 57.7 Å². The lowest BCUT2D eigenvalue weighted by molar-refractivity contribution is -0.129. The summed E-state index contributed by atoms with van der Waals surface area (Å²) in [7, 11) is 1.58. The minimum absolute atomic E-state index is 0.233. The number of hydrogen-bond acceptors (Lipinski definition) is 6. The van der Waals surface area contributed by atoms with Crippen LogP contribution in [0.3, 0.4) is 0 Å². The molecule has 0 spiro atoms. The highest BCUT2D eigenvalue weighted by molar-refractivity contribution is 6.01. The topological polar surface area (TPSA) is 110 Å². The van der Waals surface area contributed by atoms with E-state index in [1.165, 1.54) is 0 Å². The van der Waals surface area contributed by atoms with E-state index in [0.717, 1.165) is 27.7 Å². The van der Waals surface area contributed by atoms with Gasteiger partial charge in [0, 0.05) is 16.6 Å². The fourth-order valence-electron chi connectivity index (χ4n) is 4.77. The van der Waals surface area contributed by atoms with Gasteiger partial charge in [-0.2, -0.15) is 0 Å². The van der Waals surface area contributed by atoms with Gasteiger partial charge in [0.1, 0.15) is 23.4 Å². The first-order valence-electron chi connectivity index (χ1n) is 13.2. The lowest BCUT2D eigenvalue weighted by atomic mass is 10.1. The lowest BCUT2D eigenvalue weighted by Gasteiger charge is -2.28. The fraction of sp³-hybridized carbons (Fsp3) is 0.400. The maximum Gasteiger partial charge on any atom is 0.408 e. The number of anilines is 1. The minimum atomic E-state index is -0.837. The number of nitrogens with zero attached hydrogens (tertiary/aromatic N) is 2. The van der Waals surface area contributed by atoms with Gasteiger partial charge in [-0.25, -0.2) is 4.79 Å². The van der Waals surface area contributed by atoms with E-state index >= 15 is 0 Å². The molecule has 0 bridgehead atoms. The van der Waals surface area contributed by atoms with Crippen molar-refractivity contribution in [3.8, 4) is 5.75 Å². The van der Waals surface area contributed by atoms with Crippen molar-refractivity contribution in [2.24, 2.45) is 0 Å². The third-order valence-electron chi connectivity index (χ3n) is 6.66. The van der Waals surface area contributed by atoms with E-state index in [1.54, 1.807) is 45.9 Å². The van der Waals surface area contributed by atoms with Gasteiger partial charge >= 0.3 is 6.09 Å². The summed E-state index contributed by atoms with van der Waals surface area (Å²) < 4.78 is 10.9. The van der Waals surface area contributed by atoms with Crippen LogP contribution in [0.5, 0.6) is 5.75 Å². The Labute approximate surface area is 228 Å². The van der Waals surface area contributed by atoms with E-state index in [2.05, 4.69) is 15.6 Å². The van der Waals surface area contributed by atoms with Gasteiger partial charge in [-0.3, -0.25) is 14.6 Å². The average Bonchev–Trinajstić information content (AvgIpc) is 3.03. The molecule has 0 saturated heterocycles. The van der Waals surface area contributed by atoms with Gasteiger partial charge in [0.05, 0.1) is 25.4 Å². The Bertz CT molecular complexity index is 1370. The molecule has 3 amide bonds. The van der Waals surface area contributed by atoms with E-state index in [1.807, 2.05) is 48.5 Å². The fourth-order valence-corrected chi connectivity index (χ4v) is 4.77. The molecule has 0 fully saturated rings. The summed E-state index contributed by atoms with van der Waals surface area (Å²) in [5.41, 5.74) is 2.74. The molecule has 2 heterocycles. The number of amides is 3. The highest BCUT2D eigenvalue weighted by Gasteiger charge is 2.34. The Balaban J connectivity index is 1.62. The Morgan fingerprint density at radius 2 is 1.85 bits per heavy atom. The summed E-state index contributed by atoms with van der Waals surface area (Å²) >= 11 is 0. The molecule has 39 heavy (non-hydrogen) atoms. The molecule has 0 saturated carbocycles. The number of rotatable bonds is 7. The molecular weight excluding hydrogens is 496 g/mol. The number of para-hydroxylation sites is 2. The summed E-state index contributed by atoms with van der Waals surface area (Å²) in [6.45, 7) is 7.29. The molecule has 1 aromatic heterocycles. The zero-order valence-corrected chi connectivity index (χ0v) is 23.1. The highest BCUT2D eigenvalue weighted by atomic mass is 16.6. The first kappa shape index (κ1) is 27.9. The molecular formula is C30H36N4O5. The third-order valence-corrected chi connectivity index (χ3v) is 6.66. The summed E-state index contributed by atoms with van der Waals surface area (Å²) in [5, 5.41) is 6.41. The SMILES string of the molecule is CC[C@H](NC(=O)OC(C)(C)C)C(=O)N[C@H]1CCc2ccccc2N(Cc2c(OC)cnc3ccccc23)C1=O. The Morgan fingerprint density at radius 1 is 1.13 bits per heavy atom. The van der Waals surface area contributed by atoms with Crippen molar-refractivity contribution in [2.45, 2.75) is 71.2 Å². The van der Waals surface area contributed by atoms with Crippen molar-refractivity contribution < 1.29 is 23.9 Å². The Hall–Kier alpha value is -4.14. The van der Waals surface area contributed by atoms with Gasteiger partial charge < -0.3 is 25.0 Å². The second-order valence-corrected chi connectivity index (χ2v) is 10.6. The largest absolute Gasteiger partial charge is 0.495 e. The molecule has 0 aliphatic carbocycles. The number of carbonyl (C=O) groups is 3. The number of carbonyl (C=O) groups excluding carboxylic acids is 3. The molecule has 2 aromatic carbocycles. The number of nitrogens with one attached hydrogen (secondary N) is 2. The molecule has 1 aliphatic heterocycles. The molecule has 2 N–H and O–H groups in total. The summed E-state index contributed by atoms with van der Waals surface area (Å²) in [4.78, 5) is 45.8. The van der Waals surface area contributed by atoms with Crippen molar-refractivity contribution >= 4 is 34.5 Å². The zero-order chi connectivity index (χ0) is 28.2. The van der Waals surface area contributed by atoms with Crippen molar-refractivity contribution in [1.29, 1.82) is 0 Å². The van der Waals surface area contributed by atoms with E-state index in [0.29, 0.717) is 25.0 Å². The average molecular weight is 533 g/mol. The number of fused-ring (bicyclic) bond motifs is 2. The predicted octanol–water partition coefficient (Wildman–Crippen LogP) is 4.51. The number of aromatic nitrogens is 1. The van der Waals surface area contributed by atoms with Crippen molar-refractivity contribution in [1.82, 2.24) is 15.6 Å². The second kappa shape index (κ2) is 11.7. The number of aryl methyl sites for hydroxylation is 1. The summed E-state index contributed by atoms with van der Waals surface area (Å²) in [6, 6.07) is 13.9. The van der Waals surface area contributed by atoms with Crippen LogP contribution >= 0.6 is 0 Å². The number of alkyl carbamates (subject to hydrolysis) is 1. The number of pyridine rings is 1. The minimum Gasteiger partial charge on any atom is -0.495 e. The van der Waals surface area contributed by atoms with Crippen molar-refractivity contribution in [3.05, 3.63) is 65.9 Å². The monoisotopic (exact) mass is 532 g/mol. The second-order valence-electron chi connectivity index (χ2n) is 10.6. The van der Waals surface area contributed by atoms with Crippen LogP contribution in [-0.2, 0) is 27.3 Å². The first-order chi connectivity index (χ1) is 18.6. The van der Waals surface area contributed by atoms with Gasteiger partial charge in [0.15, 0.2) is 0 Å². The van der Waals surface area contributed by atoms with Crippen LogP contribution in [0, 0.1) is 0 Å². The third kappa shape index (κ3) is 6.47. The van der Waals surface area contributed by atoms with Crippen LogP contribution in [0.25, 0.3) is 10.9 Å². The molecule has 9 heteroatoms. The molecule has 2 atom stereocenters. The van der Waals surface area contributed by atoms with E-state index < -0.39 is 29.7 Å². The molecule has 4 rings (SSSR count). The van der Waals surface area contributed by atoms with Crippen LogP contribution in [0.15, 0.2) is 54.7 Å². The number of benzene rings is 2. The van der Waals surface area contributed by atoms with Gasteiger partial charge in [-0.1, -0.05) is 43.3 Å². The first-order valence-corrected chi connectivity index (χ1v) is 13.2. The lowest BCUT2D eigenvalue weighted by Crippen LogP contribution is -2.54. The predicted molar refractivity (Wildman–Crippen MR) is 150 cm³/mol. The van der Waals surface area contributed by atoms with Gasteiger partial charge in [0.25, 0.3) is 0 Å². The van der Waals surface area contributed by atoms with Crippen LogP contribution in [0.4, 0.5) is 10.5 Å². The smallest absolute Gasteiger partial charge is 0.408 e. The van der Waals surface area contributed by atoms with Crippen molar-refractivity contribution in [2.75, 3.05) is 12.0 Å². The van der Waals surface area contributed by atoms with E-state index in [4.69, 9.17) is 9.47 Å². The molecule has 1 aliphatic rings. The molecule has 9 nitrogen and oxygen atoms in total. The number of methoxy groups -OCH3 is 1.